The largest absolute Gasteiger partial charge is 0.467 e. The number of rotatable bonds is 9. The summed E-state index contributed by atoms with van der Waals surface area (Å²) in [5.41, 5.74) is 8.73. The summed E-state index contributed by atoms with van der Waals surface area (Å²) < 4.78 is 32.6. The Morgan fingerprint density at radius 1 is 1.03 bits per heavy atom. The van der Waals surface area contributed by atoms with Crippen LogP contribution in [-0.4, -0.2) is 56.1 Å². The molecular weight excluding hydrogens is 518 g/mol. The van der Waals surface area contributed by atoms with Crippen molar-refractivity contribution in [2.24, 2.45) is 0 Å². The minimum absolute atomic E-state index is 0.0950. The van der Waals surface area contributed by atoms with E-state index in [1.807, 2.05) is 6.92 Å². The molecule has 3 aromatic rings. The molecule has 0 bridgehead atoms. The number of nitrogens with two attached hydrogens (primary N) is 1. The van der Waals surface area contributed by atoms with Crippen molar-refractivity contribution >= 4 is 33.4 Å². The number of benzene rings is 3. The number of methoxy groups -OCH3 is 1. The van der Waals surface area contributed by atoms with Gasteiger partial charge in [0.2, 0.25) is 15.9 Å². The van der Waals surface area contributed by atoms with Gasteiger partial charge in [0, 0.05) is 29.8 Å². The van der Waals surface area contributed by atoms with Crippen molar-refractivity contribution in [2.45, 2.75) is 43.2 Å². The van der Waals surface area contributed by atoms with Gasteiger partial charge in [0.15, 0.2) is 5.78 Å². The molecule has 9 nitrogen and oxygen atoms in total. The second-order valence-corrected chi connectivity index (χ2v) is 11.4. The van der Waals surface area contributed by atoms with Crippen molar-refractivity contribution in [3.8, 4) is 0 Å². The van der Waals surface area contributed by atoms with Gasteiger partial charge in [-0.05, 0) is 49.6 Å². The lowest BCUT2D eigenvalue weighted by Gasteiger charge is -2.25. The lowest BCUT2D eigenvalue weighted by Crippen LogP contribution is -2.51. The highest BCUT2D eigenvalue weighted by atomic mass is 32.2. The number of amides is 1. The number of carbonyl (C=O) groups is 3. The highest BCUT2D eigenvalue weighted by molar-refractivity contribution is 7.89. The third kappa shape index (κ3) is 6.18. The summed E-state index contributed by atoms with van der Waals surface area (Å²) in [5, 5.41) is 2.69. The van der Waals surface area contributed by atoms with Crippen molar-refractivity contribution in [1.82, 2.24) is 9.62 Å². The standard InChI is InChI=1S/C29H31N3O6S/c1-19-9-15-22(16-10-19)39(36,37)32-17-5-8-26(32)28(34)31-25(29(35)38-2)18-20-11-13-21(14-12-20)27(33)23-6-3-4-7-24(23)30/h3-4,6-7,9-16,25-26H,5,8,17-18,30H2,1-2H3,(H,31,34)/t25-,26-/m0/s1. The first-order chi connectivity index (χ1) is 18.6. The molecule has 1 fully saturated rings. The van der Waals surface area contributed by atoms with Gasteiger partial charge in [0.1, 0.15) is 12.1 Å². The Morgan fingerprint density at radius 2 is 1.69 bits per heavy atom. The fourth-order valence-electron chi connectivity index (χ4n) is 4.63. The summed E-state index contributed by atoms with van der Waals surface area (Å²) in [5.74, 6) is -1.45. The predicted molar refractivity (Wildman–Crippen MR) is 146 cm³/mol. The van der Waals surface area contributed by atoms with E-state index in [1.165, 1.54) is 23.5 Å². The maximum atomic E-state index is 13.3. The van der Waals surface area contributed by atoms with E-state index in [0.717, 1.165) is 5.56 Å². The van der Waals surface area contributed by atoms with Gasteiger partial charge in [-0.25, -0.2) is 13.2 Å². The molecule has 1 saturated heterocycles. The van der Waals surface area contributed by atoms with Gasteiger partial charge in [0.25, 0.3) is 0 Å². The Morgan fingerprint density at radius 3 is 2.33 bits per heavy atom. The molecule has 39 heavy (non-hydrogen) atoms. The summed E-state index contributed by atoms with van der Waals surface area (Å²) >= 11 is 0. The van der Waals surface area contributed by atoms with Gasteiger partial charge in [0.05, 0.1) is 12.0 Å². The molecule has 1 aliphatic heterocycles. The number of para-hydroxylation sites is 1. The molecule has 3 aromatic carbocycles. The van der Waals surface area contributed by atoms with Crippen molar-refractivity contribution in [1.29, 1.82) is 0 Å². The zero-order valence-electron chi connectivity index (χ0n) is 21.8. The van der Waals surface area contributed by atoms with E-state index in [-0.39, 0.29) is 23.6 Å². The molecular formula is C29H31N3O6S. The summed E-state index contributed by atoms with van der Waals surface area (Å²) in [4.78, 5) is 38.7. The molecule has 10 heteroatoms. The van der Waals surface area contributed by atoms with Crippen LogP contribution in [0.2, 0.25) is 0 Å². The fourth-order valence-corrected chi connectivity index (χ4v) is 6.28. The van der Waals surface area contributed by atoms with Crippen LogP contribution in [0, 0.1) is 6.92 Å². The molecule has 0 unspecified atom stereocenters. The van der Waals surface area contributed by atoms with Crippen molar-refractivity contribution < 1.29 is 27.5 Å². The number of ether oxygens (including phenoxy) is 1. The number of sulfonamides is 1. The van der Waals surface area contributed by atoms with Crippen LogP contribution in [0.15, 0.2) is 77.7 Å². The van der Waals surface area contributed by atoms with Gasteiger partial charge in [-0.15, -0.1) is 0 Å². The number of anilines is 1. The van der Waals surface area contributed by atoms with Crippen molar-refractivity contribution in [3.63, 3.8) is 0 Å². The highest BCUT2D eigenvalue weighted by Gasteiger charge is 2.40. The Balaban J connectivity index is 1.48. The van der Waals surface area contributed by atoms with E-state index in [0.29, 0.717) is 35.2 Å². The minimum Gasteiger partial charge on any atom is -0.467 e. The molecule has 1 aliphatic rings. The molecule has 0 aromatic heterocycles. The fraction of sp³-hybridized carbons (Fsp3) is 0.276. The van der Waals surface area contributed by atoms with Gasteiger partial charge in [-0.3, -0.25) is 9.59 Å². The number of carbonyl (C=O) groups excluding carboxylic acids is 3. The number of hydrogen-bond acceptors (Lipinski definition) is 7. The average Bonchev–Trinajstić information content (AvgIpc) is 3.44. The first-order valence-corrected chi connectivity index (χ1v) is 14.0. The predicted octanol–water partition coefficient (Wildman–Crippen LogP) is 2.86. The number of aryl methyl sites for hydroxylation is 1. The van der Waals surface area contributed by atoms with Crippen molar-refractivity contribution in [3.05, 3.63) is 95.1 Å². The van der Waals surface area contributed by atoms with Crippen LogP contribution in [0.25, 0.3) is 0 Å². The third-order valence-corrected chi connectivity index (χ3v) is 8.72. The molecule has 204 valence electrons. The van der Waals surface area contributed by atoms with E-state index in [4.69, 9.17) is 10.5 Å². The summed E-state index contributed by atoms with van der Waals surface area (Å²) in [6.45, 7) is 2.07. The molecule has 0 radical (unpaired) electrons. The van der Waals surface area contributed by atoms with Crippen LogP contribution in [0.1, 0.15) is 39.9 Å². The second-order valence-electron chi connectivity index (χ2n) is 9.49. The molecule has 1 heterocycles. The normalized spacial score (nSPS) is 16.4. The zero-order chi connectivity index (χ0) is 28.2. The molecule has 0 aliphatic carbocycles. The highest BCUT2D eigenvalue weighted by Crippen LogP contribution is 2.27. The average molecular weight is 550 g/mol. The van der Waals surface area contributed by atoms with Crippen LogP contribution in [0.4, 0.5) is 5.69 Å². The van der Waals surface area contributed by atoms with Gasteiger partial charge in [-0.2, -0.15) is 4.31 Å². The number of hydrogen-bond donors (Lipinski definition) is 2. The quantitative estimate of drug-likeness (QED) is 0.238. The van der Waals surface area contributed by atoms with E-state index in [1.54, 1.807) is 60.7 Å². The first kappa shape index (κ1) is 28.0. The zero-order valence-corrected chi connectivity index (χ0v) is 22.6. The van der Waals surface area contributed by atoms with E-state index >= 15 is 0 Å². The lowest BCUT2D eigenvalue weighted by molar-refractivity contribution is -0.145. The van der Waals surface area contributed by atoms with Crippen LogP contribution < -0.4 is 11.1 Å². The Hall–Kier alpha value is -4.02. The molecule has 0 saturated carbocycles. The summed E-state index contributed by atoms with van der Waals surface area (Å²) in [7, 11) is -2.67. The Bertz CT molecular complexity index is 1470. The molecule has 2 atom stereocenters. The minimum atomic E-state index is -3.89. The number of nitrogen functional groups attached to an aromatic ring is 1. The molecule has 0 spiro atoms. The third-order valence-electron chi connectivity index (χ3n) is 6.80. The summed E-state index contributed by atoms with van der Waals surface area (Å²) in [6.07, 6.45) is 0.954. The Labute approximate surface area is 228 Å². The summed E-state index contributed by atoms with van der Waals surface area (Å²) in [6, 6.07) is 17.9. The van der Waals surface area contributed by atoms with E-state index in [2.05, 4.69) is 5.32 Å². The maximum Gasteiger partial charge on any atom is 0.328 e. The van der Waals surface area contributed by atoms with E-state index in [9.17, 15) is 22.8 Å². The topological polar surface area (TPSA) is 136 Å². The number of esters is 1. The van der Waals surface area contributed by atoms with Crippen LogP contribution in [-0.2, 0) is 30.8 Å². The molecule has 1 amide bonds. The van der Waals surface area contributed by atoms with E-state index < -0.39 is 34.0 Å². The monoisotopic (exact) mass is 549 g/mol. The molecule has 3 N–H and O–H groups in total. The van der Waals surface area contributed by atoms with Crippen LogP contribution >= 0.6 is 0 Å². The number of ketones is 1. The lowest BCUT2D eigenvalue weighted by atomic mass is 9.98. The SMILES string of the molecule is COC(=O)[C@H](Cc1ccc(C(=O)c2ccccc2N)cc1)NC(=O)[C@@H]1CCCN1S(=O)(=O)c1ccc(C)cc1. The van der Waals surface area contributed by atoms with Crippen LogP contribution in [0.5, 0.6) is 0 Å². The maximum absolute atomic E-state index is 13.3. The van der Waals surface area contributed by atoms with Gasteiger partial charge in [-0.1, -0.05) is 54.1 Å². The Kier molecular flexibility index (Phi) is 8.47. The van der Waals surface area contributed by atoms with Gasteiger partial charge >= 0.3 is 5.97 Å². The van der Waals surface area contributed by atoms with Gasteiger partial charge < -0.3 is 15.8 Å². The molecule has 4 rings (SSSR count). The number of nitrogens with one attached hydrogen (secondary N) is 1. The first-order valence-electron chi connectivity index (χ1n) is 12.6. The number of nitrogens with zero attached hydrogens (tertiary/aromatic N) is 1. The second kappa shape index (κ2) is 11.8. The van der Waals surface area contributed by atoms with Crippen LogP contribution in [0.3, 0.4) is 0 Å². The van der Waals surface area contributed by atoms with Crippen molar-refractivity contribution in [2.75, 3.05) is 19.4 Å². The smallest absolute Gasteiger partial charge is 0.328 e.